The van der Waals surface area contributed by atoms with Crippen molar-refractivity contribution in [2.75, 3.05) is 0 Å². The molecule has 4 nitrogen and oxygen atoms in total. The third-order valence-corrected chi connectivity index (χ3v) is 4.77. The summed E-state index contributed by atoms with van der Waals surface area (Å²) in [6.07, 6.45) is 4.06. The number of fused-ring (bicyclic) bond motifs is 1. The average molecular weight is 312 g/mol. The van der Waals surface area contributed by atoms with E-state index in [0.29, 0.717) is 10.5 Å². The number of thiazole rings is 1. The van der Waals surface area contributed by atoms with Crippen LogP contribution in [-0.2, 0) is 16.1 Å². The Balaban J connectivity index is 1.85. The van der Waals surface area contributed by atoms with Gasteiger partial charge in [0.05, 0.1) is 15.2 Å². The summed E-state index contributed by atoms with van der Waals surface area (Å²) >= 11 is 7.22. The Hall–Kier alpha value is -1.33. The molecule has 1 heterocycles. The van der Waals surface area contributed by atoms with Crippen LogP contribution < -0.4 is 4.87 Å². The molecule has 1 aliphatic carbocycles. The fourth-order valence-electron chi connectivity index (χ4n) is 2.58. The lowest BCUT2D eigenvalue weighted by Crippen LogP contribution is -2.24. The molecule has 0 radical (unpaired) electrons. The van der Waals surface area contributed by atoms with Crippen molar-refractivity contribution < 1.29 is 9.53 Å². The quantitative estimate of drug-likeness (QED) is 0.818. The second-order valence-corrected chi connectivity index (χ2v) is 6.34. The van der Waals surface area contributed by atoms with Crippen molar-refractivity contribution in [1.29, 1.82) is 0 Å². The fourth-order valence-corrected chi connectivity index (χ4v) is 3.83. The predicted molar refractivity (Wildman–Crippen MR) is 79.4 cm³/mol. The van der Waals surface area contributed by atoms with Gasteiger partial charge in [-0.1, -0.05) is 29.0 Å². The molecule has 1 saturated carbocycles. The van der Waals surface area contributed by atoms with Gasteiger partial charge in [-0.2, -0.15) is 0 Å². The van der Waals surface area contributed by atoms with Gasteiger partial charge in [0.15, 0.2) is 0 Å². The van der Waals surface area contributed by atoms with Gasteiger partial charge in [-0.05, 0) is 37.8 Å². The largest absolute Gasteiger partial charge is 0.461 e. The van der Waals surface area contributed by atoms with Gasteiger partial charge in [0, 0.05) is 0 Å². The summed E-state index contributed by atoms with van der Waals surface area (Å²) in [5.74, 6) is -0.362. The number of ether oxygens (including phenoxy) is 1. The van der Waals surface area contributed by atoms with E-state index in [9.17, 15) is 9.59 Å². The molecule has 0 bridgehead atoms. The van der Waals surface area contributed by atoms with E-state index < -0.39 is 0 Å². The molecule has 0 amide bonds. The van der Waals surface area contributed by atoms with Crippen molar-refractivity contribution in [2.45, 2.75) is 38.3 Å². The molecule has 2 aromatic rings. The lowest BCUT2D eigenvalue weighted by Gasteiger charge is -2.11. The minimum absolute atomic E-state index is 0.0126. The summed E-state index contributed by atoms with van der Waals surface area (Å²) < 4.78 is 7.58. The molecule has 1 aliphatic rings. The van der Waals surface area contributed by atoms with Gasteiger partial charge in [0.1, 0.15) is 12.6 Å². The van der Waals surface area contributed by atoms with Crippen LogP contribution in [0.4, 0.5) is 0 Å². The van der Waals surface area contributed by atoms with Gasteiger partial charge in [0.2, 0.25) is 0 Å². The zero-order valence-electron chi connectivity index (χ0n) is 10.8. The minimum Gasteiger partial charge on any atom is -0.461 e. The second kappa shape index (κ2) is 5.58. The molecule has 0 aliphatic heterocycles. The summed E-state index contributed by atoms with van der Waals surface area (Å²) in [4.78, 5) is 23.7. The number of benzene rings is 1. The van der Waals surface area contributed by atoms with Gasteiger partial charge < -0.3 is 4.74 Å². The third kappa shape index (κ3) is 2.60. The molecule has 1 fully saturated rings. The van der Waals surface area contributed by atoms with Gasteiger partial charge in [-0.3, -0.25) is 14.2 Å². The number of rotatable bonds is 3. The van der Waals surface area contributed by atoms with E-state index >= 15 is 0 Å². The molecule has 1 aromatic carbocycles. The van der Waals surface area contributed by atoms with Crippen LogP contribution in [0.5, 0.6) is 0 Å². The van der Waals surface area contributed by atoms with Crippen LogP contribution >= 0.6 is 22.9 Å². The molecule has 0 unspecified atom stereocenters. The molecular formula is C14H14ClNO3S. The normalized spacial score (nSPS) is 15.8. The van der Waals surface area contributed by atoms with Crippen molar-refractivity contribution in [3.8, 4) is 0 Å². The van der Waals surface area contributed by atoms with Gasteiger partial charge in [-0.15, -0.1) is 0 Å². The summed E-state index contributed by atoms with van der Waals surface area (Å²) in [6.45, 7) is -0.0704. The van der Waals surface area contributed by atoms with Gasteiger partial charge in [-0.25, -0.2) is 0 Å². The number of carbonyl (C=O) groups is 1. The summed E-state index contributed by atoms with van der Waals surface area (Å²) in [5, 5.41) is 0.481. The first-order valence-electron chi connectivity index (χ1n) is 6.62. The van der Waals surface area contributed by atoms with Crippen molar-refractivity contribution in [3.63, 3.8) is 0 Å². The Bertz CT molecular complexity index is 700. The van der Waals surface area contributed by atoms with E-state index in [1.165, 1.54) is 4.57 Å². The van der Waals surface area contributed by atoms with Crippen LogP contribution in [0.25, 0.3) is 10.2 Å². The second-order valence-electron chi connectivity index (χ2n) is 4.94. The van der Waals surface area contributed by atoms with E-state index in [1.54, 1.807) is 12.1 Å². The number of hydrogen-bond acceptors (Lipinski definition) is 4. The summed E-state index contributed by atoms with van der Waals surface area (Å²) in [6, 6.07) is 5.34. The van der Waals surface area contributed by atoms with Crippen LogP contribution in [0.2, 0.25) is 5.02 Å². The molecule has 0 spiro atoms. The Kier molecular flexibility index (Phi) is 3.81. The number of esters is 1. The minimum atomic E-state index is -0.362. The molecule has 6 heteroatoms. The Morgan fingerprint density at radius 2 is 2.15 bits per heavy atom. The number of carbonyl (C=O) groups excluding carboxylic acids is 1. The van der Waals surface area contributed by atoms with E-state index in [0.717, 1.165) is 41.7 Å². The average Bonchev–Trinajstić information content (AvgIpc) is 2.99. The van der Waals surface area contributed by atoms with Crippen LogP contribution in [0.3, 0.4) is 0 Å². The van der Waals surface area contributed by atoms with Crippen LogP contribution in [-0.4, -0.2) is 16.6 Å². The standard InChI is InChI=1S/C14H14ClNO3S/c15-10-6-3-7-11-13(10)16(14(18)20-11)8-12(17)19-9-4-1-2-5-9/h3,6-7,9H,1-2,4-5,8H2. The highest BCUT2D eigenvalue weighted by molar-refractivity contribution is 7.16. The third-order valence-electron chi connectivity index (χ3n) is 3.52. The zero-order valence-corrected chi connectivity index (χ0v) is 12.4. The summed E-state index contributed by atoms with van der Waals surface area (Å²) in [5.41, 5.74) is 0.618. The van der Waals surface area contributed by atoms with Gasteiger partial charge >= 0.3 is 10.8 Å². The van der Waals surface area contributed by atoms with Crippen LogP contribution in [0.15, 0.2) is 23.0 Å². The van der Waals surface area contributed by atoms with Crippen molar-refractivity contribution >= 4 is 39.1 Å². The fraction of sp³-hybridized carbons (Fsp3) is 0.429. The highest BCUT2D eigenvalue weighted by Gasteiger charge is 2.21. The number of halogens is 1. The predicted octanol–water partition coefficient (Wildman–Crippen LogP) is 3.20. The maximum absolute atomic E-state index is 12.0. The lowest BCUT2D eigenvalue weighted by molar-refractivity contribution is -0.149. The van der Waals surface area contributed by atoms with Crippen molar-refractivity contribution in [3.05, 3.63) is 32.9 Å². The van der Waals surface area contributed by atoms with E-state index in [1.807, 2.05) is 6.07 Å². The topological polar surface area (TPSA) is 48.3 Å². The van der Waals surface area contributed by atoms with E-state index in [2.05, 4.69) is 0 Å². The SMILES string of the molecule is O=C(Cn1c(=O)sc2cccc(Cl)c21)OC1CCCC1. The molecule has 0 saturated heterocycles. The molecular weight excluding hydrogens is 298 g/mol. The zero-order chi connectivity index (χ0) is 14.1. The monoisotopic (exact) mass is 311 g/mol. The maximum atomic E-state index is 12.0. The molecule has 1 aromatic heterocycles. The first kappa shape index (κ1) is 13.6. The number of aromatic nitrogens is 1. The summed E-state index contributed by atoms with van der Waals surface area (Å²) in [7, 11) is 0. The molecule has 0 N–H and O–H groups in total. The maximum Gasteiger partial charge on any atom is 0.326 e. The number of para-hydroxylation sites is 1. The van der Waals surface area contributed by atoms with Crippen LogP contribution in [0.1, 0.15) is 25.7 Å². The van der Waals surface area contributed by atoms with E-state index in [-0.39, 0.29) is 23.5 Å². The highest BCUT2D eigenvalue weighted by Crippen LogP contribution is 2.26. The van der Waals surface area contributed by atoms with Gasteiger partial charge in [0.25, 0.3) is 0 Å². The Morgan fingerprint density at radius 1 is 1.40 bits per heavy atom. The lowest BCUT2D eigenvalue weighted by atomic mass is 10.3. The van der Waals surface area contributed by atoms with Crippen molar-refractivity contribution in [2.24, 2.45) is 0 Å². The number of nitrogens with zero attached hydrogens (tertiary/aromatic N) is 1. The Labute approximate surface area is 124 Å². The number of hydrogen-bond donors (Lipinski definition) is 0. The first-order chi connectivity index (χ1) is 9.65. The molecule has 20 heavy (non-hydrogen) atoms. The van der Waals surface area contributed by atoms with Crippen LogP contribution in [0, 0.1) is 0 Å². The smallest absolute Gasteiger partial charge is 0.326 e. The molecule has 106 valence electrons. The van der Waals surface area contributed by atoms with E-state index in [4.69, 9.17) is 16.3 Å². The molecule has 3 rings (SSSR count). The highest BCUT2D eigenvalue weighted by atomic mass is 35.5. The Morgan fingerprint density at radius 3 is 2.90 bits per heavy atom. The van der Waals surface area contributed by atoms with Crippen molar-refractivity contribution in [1.82, 2.24) is 4.57 Å². The first-order valence-corrected chi connectivity index (χ1v) is 7.82. The molecule has 0 atom stereocenters.